The van der Waals surface area contributed by atoms with Gasteiger partial charge in [0.25, 0.3) is 0 Å². The zero-order valence-corrected chi connectivity index (χ0v) is 10.2. The molecule has 0 radical (unpaired) electrons. The Morgan fingerprint density at radius 3 is 3.14 bits per heavy atom. The summed E-state index contributed by atoms with van der Waals surface area (Å²) in [6.45, 7) is 1.93. The minimum Gasteiger partial charge on any atom is -0.492 e. The van der Waals surface area contributed by atoms with Crippen LogP contribution in [0.5, 0.6) is 5.75 Å². The molecule has 14 heavy (non-hydrogen) atoms. The van der Waals surface area contributed by atoms with E-state index in [1.54, 1.807) is 0 Å². The minimum absolute atomic E-state index is 0.549. The lowest BCUT2D eigenvalue weighted by atomic mass is 10.2. The van der Waals surface area contributed by atoms with Crippen LogP contribution in [0.3, 0.4) is 0 Å². The van der Waals surface area contributed by atoms with Crippen LogP contribution in [0.1, 0.15) is 12.8 Å². The zero-order valence-electron chi connectivity index (χ0n) is 8.00. The number of halogens is 1. The molecule has 1 atom stereocenters. The highest BCUT2D eigenvalue weighted by atomic mass is 127. The van der Waals surface area contributed by atoms with Gasteiger partial charge in [0.1, 0.15) is 12.4 Å². The van der Waals surface area contributed by atoms with Crippen molar-refractivity contribution in [3.05, 3.63) is 27.8 Å². The van der Waals surface area contributed by atoms with Crippen LogP contribution in [0.25, 0.3) is 0 Å². The highest BCUT2D eigenvalue weighted by Gasteiger charge is 2.14. The van der Waals surface area contributed by atoms with Crippen molar-refractivity contribution in [2.24, 2.45) is 0 Å². The average molecular weight is 303 g/mol. The standard InChI is InChI=1S/C11H14INO/c12-9-3-1-5-11(7-9)14-8-10-4-2-6-13-10/h1,3,5,7,10,13H,2,4,6,8H2/t10-/m1/s1. The number of rotatable bonds is 3. The van der Waals surface area contributed by atoms with Gasteiger partial charge in [-0.2, -0.15) is 0 Å². The van der Waals surface area contributed by atoms with Crippen molar-refractivity contribution in [2.45, 2.75) is 18.9 Å². The second-order valence-corrected chi connectivity index (χ2v) is 4.81. The molecule has 0 aromatic heterocycles. The van der Waals surface area contributed by atoms with Gasteiger partial charge in [-0.3, -0.25) is 0 Å². The molecule has 76 valence electrons. The molecule has 1 aliphatic heterocycles. The average Bonchev–Trinajstić information content (AvgIpc) is 2.67. The fourth-order valence-electron chi connectivity index (χ4n) is 1.65. The second-order valence-electron chi connectivity index (χ2n) is 3.56. The van der Waals surface area contributed by atoms with E-state index >= 15 is 0 Å². The molecule has 1 aromatic carbocycles. The summed E-state index contributed by atoms with van der Waals surface area (Å²) in [5, 5.41) is 3.41. The number of nitrogens with one attached hydrogen (secondary N) is 1. The highest BCUT2D eigenvalue weighted by Crippen LogP contribution is 2.16. The number of hydrogen-bond acceptors (Lipinski definition) is 2. The second kappa shape index (κ2) is 4.98. The van der Waals surface area contributed by atoms with E-state index in [-0.39, 0.29) is 0 Å². The first kappa shape index (κ1) is 10.2. The Balaban J connectivity index is 1.85. The Morgan fingerprint density at radius 2 is 2.43 bits per heavy atom. The molecule has 0 saturated carbocycles. The quantitative estimate of drug-likeness (QED) is 0.866. The third-order valence-electron chi connectivity index (χ3n) is 2.41. The number of hydrogen-bond donors (Lipinski definition) is 1. The Morgan fingerprint density at radius 1 is 1.50 bits per heavy atom. The van der Waals surface area contributed by atoms with Gasteiger partial charge in [-0.1, -0.05) is 6.07 Å². The first-order valence-electron chi connectivity index (χ1n) is 4.96. The monoisotopic (exact) mass is 303 g/mol. The van der Waals surface area contributed by atoms with Gasteiger partial charge in [0.15, 0.2) is 0 Å². The van der Waals surface area contributed by atoms with Crippen LogP contribution in [-0.4, -0.2) is 19.2 Å². The summed E-state index contributed by atoms with van der Waals surface area (Å²) >= 11 is 2.30. The van der Waals surface area contributed by atoms with E-state index in [0.717, 1.165) is 18.9 Å². The van der Waals surface area contributed by atoms with E-state index in [0.29, 0.717) is 6.04 Å². The van der Waals surface area contributed by atoms with Crippen LogP contribution >= 0.6 is 22.6 Å². The molecule has 1 aromatic rings. The van der Waals surface area contributed by atoms with E-state index in [1.807, 2.05) is 12.1 Å². The lowest BCUT2D eigenvalue weighted by molar-refractivity contribution is 0.277. The van der Waals surface area contributed by atoms with Gasteiger partial charge >= 0.3 is 0 Å². The van der Waals surface area contributed by atoms with E-state index in [1.165, 1.54) is 16.4 Å². The first-order valence-corrected chi connectivity index (χ1v) is 6.04. The Hall–Kier alpha value is -0.290. The predicted molar refractivity (Wildman–Crippen MR) is 65.7 cm³/mol. The molecular formula is C11H14INO. The molecule has 1 aliphatic rings. The Labute approximate surface area is 98.2 Å². The van der Waals surface area contributed by atoms with Gasteiger partial charge in [-0.05, 0) is 60.2 Å². The highest BCUT2D eigenvalue weighted by molar-refractivity contribution is 14.1. The normalized spacial score (nSPS) is 21.1. The Bertz CT molecular complexity index is 297. The van der Waals surface area contributed by atoms with E-state index < -0.39 is 0 Å². The van der Waals surface area contributed by atoms with Crippen molar-refractivity contribution in [2.75, 3.05) is 13.2 Å². The van der Waals surface area contributed by atoms with Gasteiger partial charge < -0.3 is 10.1 Å². The van der Waals surface area contributed by atoms with Gasteiger partial charge in [0.2, 0.25) is 0 Å². The fourth-order valence-corrected chi connectivity index (χ4v) is 2.17. The largest absolute Gasteiger partial charge is 0.492 e. The van der Waals surface area contributed by atoms with Crippen LogP contribution in [0.15, 0.2) is 24.3 Å². The van der Waals surface area contributed by atoms with Crippen LogP contribution in [0, 0.1) is 3.57 Å². The van der Waals surface area contributed by atoms with E-state index in [2.05, 4.69) is 40.0 Å². The summed E-state index contributed by atoms with van der Waals surface area (Å²) < 4.78 is 6.93. The predicted octanol–water partition coefficient (Wildman–Crippen LogP) is 2.42. The molecule has 1 heterocycles. The maximum absolute atomic E-state index is 5.70. The van der Waals surface area contributed by atoms with Crippen LogP contribution < -0.4 is 10.1 Å². The van der Waals surface area contributed by atoms with Crippen LogP contribution in [0.2, 0.25) is 0 Å². The van der Waals surface area contributed by atoms with Crippen molar-refractivity contribution in [3.8, 4) is 5.75 Å². The minimum atomic E-state index is 0.549. The van der Waals surface area contributed by atoms with E-state index in [9.17, 15) is 0 Å². The number of benzene rings is 1. The first-order chi connectivity index (χ1) is 6.84. The van der Waals surface area contributed by atoms with Gasteiger partial charge in [0.05, 0.1) is 0 Å². The van der Waals surface area contributed by atoms with E-state index in [4.69, 9.17) is 4.74 Å². The molecule has 0 bridgehead atoms. The van der Waals surface area contributed by atoms with Crippen molar-refractivity contribution in [3.63, 3.8) is 0 Å². The molecule has 0 aliphatic carbocycles. The van der Waals surface area contributed by atoms with Crippen molar-refractivity contribution >= 4 is 22.6 Å². The summed E-state index contributed by atoms with van der Waals surface area (Å²) in [6, 6.07) is 8.72. The smallest absolute Gasteiger partial charge is 0.120 e. The SMILES string of the molecule is Ic1cccc(OC[C@H]2CCCN2)c1. The third kappa shape index (κ3) is 2.85. The van der Waals surface area contributed by atoms with Crippen molar-refractivity contribution in [1.82, 2.24) is 5.32 Å². The summed E-state index contributed by atoms with van der Waals surface area (Å²) in [5.41, 5.74) is 0. The summed E-state index contributed by atoms with van der Waals surface area (Å²) in [5.74, 6) is 0.977. The van der Waals surface area contributed by atoms with Crippen molar-refractivity contribution in [1.29, 1.82) is 0 Å². The maximum Gasteiger partial charge on any atom is 0.120 e. The van der Waals surface area contributed by atoms with Crippen LogP contribution in [0.4, 0.5) is 0 Å². The molecule has 0 unspecified atom stereocenters. The number of ether oxygens (including phenoxy) is 1. The molecule has 1 N–H and O–H groups in total. The molecule has 1 saturated heterocycles. The zero-order chi connectivity index (χ0) is 9.80. The fraction of sp³-hybridized carbons (Fsp3) is 0.455. The summed E-state index contributed by atoms with van der Waals surface area (Å²) in [6.07, 6.45) is 2.52. The lowest BCUT2D eigenvalue weighted by Gasteiger charge is -2.11. The van der Waals surface area contributed by atoms with Gasteiger partial charge in [-0.15, -0.1) is 0 Å². The molecule has 3 heteroatoms. The molecule has 2 nitrogen and oxygen atoms in total. The summed E-state index contributed by atoms with van der Waals surface area (Å²) in [7, 11) is 0. The Kier molecular flexibility index (Phi) is 3.64. The van der Waals surface area contributed by atoms with Crippen molar-refractivity contribution < 1.29 is 4.74 Å². The molecule has 2 rings (SSSR count). The van der Waals surface area contributed by atoms with Gasteiger partial charge in [-0.25, -0.2) is 0 Å². The van der Waals surface area contributed by atoms with Crippen LogP contribution in [-0.2, 0) is 0 Å². The van der Waals surface area contributed by atoms with Gasteiger partial charge in [0, 0.05) is 9.61 Å². The third-order valence-corrected chi connectivity index (χ3v) is 3.08. The molecule has 0 spiro atoms. The summed E-state index contributed by atoms with van der Waals surface area (Å²) in [4.78, 5) is 0. The molecule has 0 amide bonds. The topological polar surface area (TPSA) is 21.3 Å². The molecule has 1 fully saturated rings. The molecular weight excluding hydrogens is 289 g/mol. The maximum atomic E-state index is 5.70. The lowest BCUT2D eigenvalue weighted by Crippen LogP contribution is -2.28.